The second-order valence-corrected chi connectivity index (χ2v) is 6.75. The number of ether oxygens (including phenoxy) is 1. The highest BCUT2D eigenvalue weighted by atomic mass is 35.5. The minimum absolute atomic E-state index is 0.0423. The van der Waals surface area contributed by atoms with Crippen molar-refractivity contribution in [3.8, 4) is 5.75 Å². The monoisotopic (exact) mass is 325 g/mol. The molecule has 0 unspecified atom stereocenters. The van der Waals surface area contributed by atoms with Crippen LogP contribution in [0.1, 0.15) is 25.7 Å². The lowest BCUT2D eigenvalue weighted by molar-refractivity contribution is 0.305. The first-order chi connectivity index (χ1) is 8.88. The molecule has 0 aliphatic carbocycles. The van der Waals surface area contributed by atoms with Crippen LogP contribution in [0.4, 0.5) is 0 Å². The lowest BCUT2D eigenvalue weighted by atomic mass is 10.2. The molecule has 1 aromatic rings. The molecule has 19 heavy (non-hydrogen) atoms. The molecule has 0 saturated carbocycles. The van der Waals surface area contributed by atoms with Crippen LogP contribution in [0.5, 0.6) is 5.75 Å². The van der Waals surface area contributed by atoms with Gasteiger partial charge in [0.25, 0.3) is 0 Å². The van der Waals surface area contributed by atoms with Crippen LogP contribution < -0.4 is 9.88 Å². The number of nitrogens with two attached hydrogens (primary N) is 1. The summed E-state index contributed by atoms with van der Waals surface area (Å²) in [6.45, 7) is 0.563. The highest BCUT2D eigenvalue weighted by molar-refractivity contribution is 7.89. The number of sulfonamides is 1. The van der Waals surface area contributed by atoms with Crippen molar-refractivity contribution in [2.45, 2.75) is 25.7 Å². The molecule has 0 fully saturated rings. The zero-order chi connectivity index (χ0) is 14.3. The van der Waals surface area contributed by atoms with Gasteiger partial charge >= 0.3 is 0 Å². The number of halogens is 2. The predicted octanol–water partition coefficient (Wildman–Crippen LogP) is 3.22. The summed E-state index contributed by atoms with van der Waals surface area (Å²) in [4.78, 5) is 0. The topological polar surface area (TPSA) is 69.4 Å². The summed E-state index contributed by atoms with van der Waals surface area (Å²) in [5.74, 6) is 0.722. The average molecular weight is 326 g/mol. The van der Waals surface area contributed by atoms with Gasteiger partial charge in [-0.3, -0.25) is 0 Å². The number of primary sulfonamides is 1. The van der Waals surface area contributed by atoms with Crippen LogP contribution in [0.25, 0.3) is 0 Å². The minimum atomic E-state index is -3.33. The van der Waals surface area contributed by atoms with E-state index in [1.165, 1.54) is 0 Å². The van der Waals surface area contributed by atoms with Gasteiger partial charge in [-0.25, -0.2) is 13.6 Å². The van der Waals surface area contributed by atoms with Gasteiger partial charge in [0.15, 0.2) is 0 Å². The first kappa shape index (κ1) is 16.6. The van der Waals surface area contributed by atoms with E-state index in [-0.39, 0.29) is 5.75 Å². The third-order valence-electron chi connectivity index (χ3n) is 2.48. The molecule has 0 heterocycles. The van der Waals surface area contributed by atoms with Crippen LogP contribution in [-0.2, 0) is 10.0 Å². The van der Waals surface area contributed by atoms with Gasteiger partial charge in [-0.05, 0) is 25.0 Å². The van der Waals surface area contributed by atoms with Gasteiger partial charge < -0.3 is 4.74 Å². The lowest BCUT2D eigenvalue weighted by Gasteiger charge is -2.07. The quantitative estimate of drug-likeness (QED) is 0.746. The Morgan fingerprint density at radius 2 is 1.74 bits per heavy atom. The minimum Gasteiger partial charge on any atom is -0.494 e. The van der Waals surface area contributed by atoms with E-state index < -0.39 is 10.0 Å². The molecule has 0 radical (unpaired) electrons. The Balaban J connectivity index is 2.12. The van der Waals surface area contributed by atoms with Gasteiger partial charge in [0.05, 0.1) is 22.4 Å². The predicted molar refractivity (Wildman–Crippen MR) is 78.4 cm³/mol. The fourth-order valence-corrected chi connectivity index (χ4v) is 2.41. The van der Waals surface area contributed by atoms with E-state index in [4.69, 9.17) is 33.1 Å². The van der Waals surface area contributed by atoms with Crippen LogP contribution in [0, 0.1) is 0 Å². The third kappa shape index (κ3) is 7.62. The molecule has 0 saturated heterocycles. The highest BCUT2D eigenvalue weighted by Gasteiger charge is 2.02. The normalized spacial score (nSPS) is 11.5. The van der Waals surface area contributed by atoms with Gasteiger partial charge in [0, 0.05) is 6.07 Å². The van der Waals surface area contributed by atoms with E-state index in [1.54, 1.807) is 18.2 Å². The maximum absolute atomic E-state index is 10.7. The molecule has 0 aliphatic heterocycles. The van der Waals surface area contributed by atoms with Crippen LogP contribution >= 0.6 is 23.2 Å². The first-order valence-corrected chi connectivity index (χ1v) is 8.44. The Morgan fingerprint density at radius 3 is 2.37 bits per heavy atom. The largest absolute Gasteiger partial charge is 0.494 e. The molecule has 0 atom stereocenters. The van der Waals surface area contributed by atoms with Gasteiger partial charge in [-0.2, -0.15) is 0 Å². The summed E-state index contributed by atoms with van der Waals surface area (Å²) < 4.78 is 26.9. The number of rotatable bonds is 8. The molecule has 7 heteroatoms. The summed E-state index contributed by atoms with van der Waals surface area (Å²) in [6, 6.07) is 5.12. The third-order valence-corrected chi connectivity index (χ3v) is 4.08. The molecule has 108 valence electrons. The van der Waals surface area contributed by atoms with E-state index in [0.29, 0.717) is 28.8 Å². The molecule has 4 nitrogen and oxygen atoms in total. The molecule has 1 aromatic carbocycles. The maximum Gasteiger partial charge on any atom is 0.209 e. The van der Waals surface area contributed by atoms with Crippen molar-refractivity contribution in [1.82, 2.24) is 0 Å². The summed E-state index contributed by atoms with van der Waals surface area (Å²) in [6.07, 6.45) is 3.16. The second kappa shape index (κ2) is 7.94. The van der Waals surface area contributed by atoms with Gasteiger partial charge in [0.1, 0.15) is 5.75 Å². The van der Waals surface area contributed by atoms with Crippen molar-refractivity contribution in [3.05, 3.63) is 28.2 Å². The molecule has 0 amide bonds. The van der Waals surface area contributed by atoms with Crippen molar-refractivity contribution in [2.75, 3.05) is 12.4 Å². The number of benzene rings is 1. The zero-order valence-corrected chi connectivity index (χ0v) is 12.8. The Bertz CT molecular complexity index is 506. The van der Waals surface area contributed by atoms with Crippen LogP contribution in [-0.4, -0.2) is 20.8 Å². The Kier molecular flexibility index (Phi) is 6.93. The SMILES string of the molecule is NS(=O)(=O)CCCCCCOc1ccc(Cl)c(Cl)c1. The van der Waals surface area contributed by atoms with Crippen molar-refractivity contribution < 1.29 is 13.2 Å². The smallest absolute Gasteiger partial charge is 0.209 e. The number of hydrogen-bond donors (Lipinski definition) is 1. The van der Waals surface area contributed by atoms with Crippen LogP contribution in [0.2, 0.25) is 10.0 Å². The van der Waals surface area contributed by atoms with Crippen molar-refractivity contribution in [2.24, 2.45) is 5.14 Å². The second-order valence-electron chi connectivity index (χ2n) is 4.21. The zero-order valence-electron chi connectivity index (χ0n) is 10.4. The van der Waals surface area contributed by atoms with Crippen molar-refractivity contribution in [3.63, 3.8) is 0 Å². The van der Waals surface area contributed by atoms with Crippen LogP contribution in [0.3, 0.4) is 0 Å². The maximum atomic E-state index is 10.7. The number of hydrogen-bond acceptors (Lipinski definition) is 3. The fraction of sp³-hybridized carbons (Fsp3) is 0.500. The van der Waals surface area contributed by atoms with Gasteiger partial charge in [-0.1, -0.05) is 36.0 Å². The van der Waals surface area contributed by atoms with Gasteiger partial charge in [-0.15, -0.1) is 0 Å². The van der Waals surface area contributed by atoms with Crippen molar-refractivity contribution >= 4 is 33.2 Å². The number of unbranched alkanes of at least 4 members (excludes halogenated alkanes) is 3. The summed E-state index contributed by atoms with van der Waals surface area (Å²) in [5.41, 5.74) is 0. The average Bonchev–Trinajstić information content (AvgIpc) is 2.31. The highest BCUT2D eigenvalue weighted by Crippen LogP contribution is 2.26. The first-order valence-electron chi connectivity index (χ1n) is 5.97. The Morgan fingerprint density at radius 1 is 1.05 bits per heavy atom. The van der Waals surface area contributed by atoms with E-state index in [1.807, 2.05) is 0 Å². The lowest BCUT2D eigenvalue weighted by Crippen LogP contribution is -2.16. The van der Waals surface area contributed by atoms with Crippen molar-refractivity contribution in [1.29, 1.82) is 0 Å². The van der Waals surface area contributed by atoms with E-state index in [2.05, 4.69) is 0 Å². The summed E-state index contributed by atoms with van der Waals surface area (Å²) in [5, 5.41) is 5.87. The molecular weight excluding hydrogens is 309 g/mol. The molecule has 0 spiro atoms. The van der Waals surface area contributed by atoms with Gasteiger partial charge in [0.2, 0.25) is 10.0 Å². The Hall–Kier alpha value is -0.490. The summed E-state index contributed by atoms with van der Waals surface area (Å²) in [7, 11) is -3.33. The van der Waals surface area contributed by atoms with Crippen LogP contribution in [0.15, 0.2) is 18.2 Å². The molecule has 0 aromatic heterocycles. The summed E-state index contributed by atoms with van der Waals surface area (Å²) >= 11 is 11.6. The van der Waals surface area contributed by atoms with E-state index in [0.717, 1.165) is 19.3 Å². The molecule has 2 N–H and O–H groups in total. The fourth-order valence-electron chi connectivity index (χ4n) is 1.52. The Labute approximate surface area is 123 Å². The molecule has 0 bridgehead atoms. The molecular formula is C12H17Cl2NO3S. The molecule has 1 rings (SSSR count). The van der Waals surface area contributed by atoms with E-state index >= 15 is 0 Å². The standard InChI is InChI=1S/C12H17Cl2NO3S/c13-11-6-5-10(9-12(11)14)18-7-3-1-2-4-8-19(15,16)17/h5-6,9H,1-4,7-8H2,(H2,15,16,17). The molecule has 0 aliphatic rings. The van der Waals surface area contributed by atoms with E-state index in [9.17, 15) is 8.42 Å².